The summed E-state index contributed by atoms with van der Waals surface area (Å²) in [5.74, 6) is 0.266. The first-order chi connectivity index (χ1) is 15.6. The molecule has 2 atom stereocenters. The second-order valence-electron chi connectivity index (χ2n) is 9.14. The van der Waals surface area contributed by atoms with Gasteiger partial charge in [-0.3, -0.25) is 4.90 Å². The van der Waals surface area contributed by atoms with Crippen LogP contribution in [0.25, 0.3) is 0 Å². The number of carbonyl (C=O) groups excluding carboxylic acids is 1. The number of nitrogens with one attached hydrogen (secondary N) is 1. The Morgan fingerprint density at radius 3 is 2.67 bits per heavy atom. The number of likely N-dealkylation sites (tertiary alicyclic amines) is 1. The summed E-state index contributed by atoms with van der Waals surface area (Å²) in [5.41, 5.74) is 0.340. The van der Waals surface area contributed by atoms with Gasteiger partial charge >= 0.3 is 6.09 Å². The standard InChI is InChI=1S/C24H26FN3O5/c1-24(2,3)33-23(30)27-15-6-7-28(12-15)22(16-5-4-14(11-26)8-18(16)25)17-9-20-21(10-19(17)29)32-13-31-20/h4-5,8-10,15,22,29H,6-7,12-13H2,1-3H3,(H,27,30)/t15-,22?/m1/s1. The molecule has 1 fully saturated rings. The van der Waals surface area contributed by atoms with E-state index in [1.165, 1.54) is 12.1 Å². The minimum atomic E-state index is -0.669. The molecule has 0 aromatic heterocycles. The molecule has 2 aliphatic rings. The summed E-state index contributed by atoms with van der Waals surface area (Å²) in [5, 5.41) is 22.8. The molecule has 1 unspecified atom stereocenters. The third-order valence-electron chi connectivity index (χ3n) is 5.55. The maximum atomic E-state index is 15.1. The molecule has 1 amide bonds. The summed E-state index contributed by atoms with van der Waals surface area (Å²) in [6, 6.07) is 8.44. The van der Waals surface area contributed by atoms with Crippen molar-refractivity contribution in [1.82, 2.24) is 10.2 Å². The average molecular weight is 455 g/mol. The van der Waals surface area contributed by atoms with E-state index in [1.54, 1.807) is 39.0 Å². The van der Waals surface area contributed by atoms with E-state index in [0.717, 1.165) is 0 Å². The minimum absolute atomic E-state index is 0.0414. The number of phenols is 1. The number of ether oxygens (including phenoxy) is 3. The third-order valence-corrected chi connectivity index (χ3v) is 5.55. The number of nitriles is 1. The van der Waals surface area contributed by atoms with Crippen LogP contribution in [0.1, 0.15) is 49.9 Å². The summed E-state index contributed by atoms with van der Waals surface area (Å²) in [7, 11) is 0. The molecule has 0 radical (unpaired) electrons. The molecule has 4 rings (SSSR count). The number of benzene rings is 2. The van der Waals surface area contributed by atoms with Crippen molar-refractivity contribution in [1.29, 1.82) is 5.26 Å². The van der Waals surface area contributed by atoms with Gasteiger partial charge in [-0.1, -0.05) is 6.07 Å². The van der Waals surface area contributed by atoms with Gasteiger partial charge < -0.3 is 24.6 Å². The first-order valence-electron chi connectivity index (χ1n) is 10.7. The van der Waals surface area contributed by atoms with Gasteiger partial charge in [0.1, 0.15) is 17.2 Å². The lowest BCUT2D eigenvalue weighted by atomic mass is 9.94. The summed E-state index contributed by atoms with van der Waals surface area (Å²) in [6.45, 7) is 6.37. The number of fused-ring (bicyclic) bond motifs is 1. The van der Waals surface area contributed by atoms with Crippen LogP contribution in [0.15, 0.2) is 30.3 Å². The molecule has 0 bridgehead atoms. The van der Waals surface area contributed by atoms with Crippen LogP contribution in [-0.2, 0) is 4.74 Å². The number of rotatable bonds is 4. The summed E-state index contributed by atoms with van der Waals surface area (Å²) in [4.78, 5) is 14.2. The number of hydrogen-bond acceptors (Lipinski definition) is 7. The van der Waals surface area contributed by atoms with E-state index in [2.05, 4.69) is 5.32 Å². The number of hydrogen-bond donors (Lipinski definition) is 2. The van der Waals surface area contributed by atoms with Crippen molar-refractivity contribution in [3.05, 3.63) is 52.8 Å². The van der Waals surface area contributed by atoms with Gasteiger partial charge in [-0.25, -0.2) is 9.18 Å². The monoisotopic (exact) mass is 455 g/mol. The highest BCUT2D eigenvalue weighted by Gasteiger charge is 2.35. The van der Waals surface area contributed by atoms with Crippen molar-refractivity contribution in [2.45, 2.75) is 44.9 Å². The van der Waals surface area contributed by atoms with Crippen LogP contribution in [0.5, 0.6) is 17.2 Å². The maximum absolute atomic E-state index is 15.1. The van der Waals surface area contributed by atoms with Gasteiger partial charge in [0.25, 0.3) is 0 Å². The largest absolute Gasteiger partial charge is 0.507 e. The molecule has 33 heavy (non-hydrogen) atoms. The van der Waals surface area contributed by atoms with Crippen LogP contribution in [-0.4, -0.2) is 47.6 Å². The molecule has 2 aliphatic heterocycles. The highest BCUT2D eigenvalue weighted by atomic mass is 19.1. The molecule has 2 heterocycles. The Balaban J connectivity index is 1.65. The lowest BCUT2D eigenvalue weighted by Crippen LogP contribution is -2.41. The number of halogens is 1. The fourth-order valence-electron chi connectivity index (χ4n) is 4.16. The molecule has 9 heteroatoms. The van der Waals surface area contributed by atoms with Crippen molar-refractivity contribution in [3.63, 3.8) is 0 Å². The summed E-state index contributed by atoms with van der Waals surface area (Å²) in [6.07, 6.45) is 0.111. The zero-order valence-corrected chi connectivity index (χ0v) is 18.7. The zero-order chi connectivity index (χ0) is 23.8. The Kier molecular flexibility index (Phi) is 6.04. The predicted octanol–water partition coefficient (Wildman–Crippen LogP) is 3.82. The molecule has 2 aromatic carbocycles. The molecule has 174 valence electrons. The minimum Gasteiger partial charge on any atom is -0.507 e. The highest BCUT2D eigenvalue weighted by Crippen LogP contribution is 2.44. The van der Waals surface area contributed by atoms with Crippen LogP contribution in [0, 0.1) is 17.1 Å². The fourth-order valence-corrected chi connectivity index (χ4v) is 4.16. The zero-order valence-electron chi connectivity index (χ0n) is 18.7. The Bertz CT molecular complexity index is 1110. The normalized spacial score (nSPS) is 18.6. The topological polar surface area (TPSA) is 104 Å². The number of phenolic OH excluding ortho intramolecular Hbond substituents is 1. The van der Waals surface area contributed by atoms with Gasteiger partial charge in [0.05, 0.1) is 17.7 Å². The Labute approximate surface area is 191 Å². The first-order valence-corrected chi connectivity index (χ1v) is 10.7. The third kappa shape index (κ3) is 4.96. The Hall–Kier alpha value is -3.51. The van der Waals surface area contributed by atoms with Crippen LogP contribution in [0.2, 0.25) is 0 Å². The fraction of sp³-hybridized carbons (Fsp3) is 0.417. The van der Waals surface area contributed by atoms with Crippen molar-refractivity contribution >= 4 is 6.09 Å². The van der Waals surface area contributed by atoms with Crippen LogP contribution in [0.4, 0.5) is 9.18 Å². The quantitative estimate of drug-likeness (QED) is 0.722. The first kappa shape index (κ1) is 22.7. The molecule has 0 aliphatic carbocycles. The maximum Gasteiger partial charge on any atom is 0.407 e. The molecule has 2 aromatic rings. The Morgan fingerprint density at radius 2 is 2.00 bits per heavy atom. The Morgan fingerprint density at radius 1 is 1.27 bits per heavy atom. The van der Waals surface area contributed by atoms with E-state index < -0.39 is 23.6 Å². The number of amides is 1. The smallest absolute Gasteiger partial charge is 0.407 e. The van der Waals surface area contributed by atoms with E-state index in [-0.39, 0.29) is 24.1 Å². The SMILES string of the molecule is CC(C)(C)OC(=O)N[C@@H]1CCN(C(c2cc3c(cc2O)OCO3)c2ccc(C#N)cc2F)C1. The predicted molar refractivity (Wildman–Crippen MR) is 117 cm³/mol. The second-order valence-corrected chi connectivity index (χ2v) is 9.14. The molecule has 0 spiro atoms. The number of aromatic hydroxyl groups is 1. The average Bonchev–Trinajstić information content (AvgIpc) is 3.37. The van der Waals surface area contributed by atoms with Crippen LogP contribution in [0.3, 0.4) is 0 Å². The highest BCUT2D eigenvalue weighted by molar-refractivity contribution is 5.68. The van der Waals surface area contributed by atoms with E-state index in [9.17, 15) is 9.90 Å². The van der Waals surface area contributed by atoms with Crippen LogP contribution >= 0.6 is 0 Å². The van der Waals surface area contributed by atoms with Gasteiger partial charge in [0.2, 0.25) is 6.79 Å². The van der Waals surface area contributed by atoms with Crippen molar-refractivity contribution in [3.8, 4) is 23.3 Å². The molecular formula is C24H26FN3O5. The van der Waals surface area contributed by atoms with E-state index in [1.807, 2.05) is 11.0 Å². The molecule has 0 saturated carbocycles. The number of alkyl carbamates (subject to hydrolysis) is 1. The molecule has 8 nitrogen and oxygen atoms in total. The van der Waals surface area contributed by atoms with E-state index in [0.29, 0.717) is 42.1 Å². The van der Waals surface area contributed by atoms with Crippen molar-refractivity contribution < 1.29 is 28.5 Å². The van der Waals surface area contributed by atoms with Crippen molar-refractivity contribution in [2.24, 2.45) is 0 Å². The molecule has 1 saturated heterocycles. The van der Waals surface area contributed by atoms with E-state index in [4.69, 9.17) is 19.5 Å². The van der Waals surface area contributed by atoms with E-state index >= 15 is 4.39 Å². The van der Waals surface area contributed by atoms with Gasteiger partial charge in [-0.2, -0.15) is 5.26 Å². The van der Waals surface area contributed by atoms with Gasteiger partial charge in [0, 0.05) is 36.3 Å². The second kappa shape index (κ2) is 8.79. The molecule has 2 N–H and O–H groups in total. The summed E-state index contributed by atoms with van der Waals surface area (Å²) >= 11 is 0. The van der Waals surface area contributed by atoms with Gasteiger partial charge in [-0.15, -0.1) is 0 Å². The lowest BCUT2D eigenvalue weighted by molar-refractivity contribution is 0.0505. The van der Waals surface area contributed by atoms with Gasteiger partial charge in [-0.05, 0) is 45.4 Å². The summed E-state index contributed by atoms with van der Waals surface area (Å²) < 4.78 is 31.3. The van der Waals surface area contributed by atoms with Crippen molar-refractivity contribution in [2.75, 3.05) is 19.9 Å². The lowest BCUT2D eigenvalue weighted by Gasteiger charge is -2.30. The number of carbonyl (C=O) groups is 1. The van der Waals surface area contributed by atoms with Gasteiger partial charge in [0.15, 0.2) is 11.5 Å². The molecular weight excluding hydrogens is 429 g/mol. The van der Waals surface area contributed by atoms with Crippen LogP contribution < -0.4 is 14.8 Å². The number of nitrogens with zero attached hydrogens (tertiary/aromatic N) is 2.